The third-order valence-corrected chi connectivity index (χ3v) is 4.93. The number of hydrogen-bond donors (Lipinski definition) is 1. The number of benzene rings is 2. The minimum atomic E-state index is -1.16. The molecule has 2 aromatic rings. The van der Waals surface area contributed by atoms with Gasteiger partial charge in [0.15, 0.2) is 0 Å². The molecular weight excluding hydrogens is 302 g/mol. The molecule has 2 aromatic carbocycles. The van der Waals surface area contributed by atoms with Gasteiger partial charge >= 0.3 is 0 Å². The quantitative estimate of drug-likeness (QED) is 0.883. The summed E-state index contributed by atoms with van der Waals surface area (Å²) in [6, 6.07) is 17.5. The van der Waals surface area contributed by atoms with E-state index in [1.807, 2.05) is 75.4 Å². The maximum absolute atomic E-state index is 12.5. The summed E-state index contributed by atoms with van der Waals surface area (Å²) in [5, 5.41) is 0.697. The zero-order valence-corrected chi connectivity index (χ0v) is 14.0. The first-order valence-electron chi connectivity index (χ1n) is 6.86. The molecule has 112 valence electrons. The van der Waals surface area contributed by atoms with Gasteiger partial charge in [0, 0.05) is 5.02 Å². The van der Waals surface area contributed by atoms with E-state index in [1.165, 1.54) is 0 Å². The maximum Gasteiger partial charge on any atom is 0.0979 e. The average Bonchev–Trinajstić information content (AvgIpc) is 2.45. The molecule has 0 radical (unpaired) electrons. The largest absolute Gasteiger partial charge is 0.242 e. The fourth-order valence-corrected chi connectivity index (χ4v) is 2.88. The van der Waals surface area contributed by atoms with E-state index in [-0.39, 0.29) is 10.8 Å². The molecule has 0 saturated heterocycles. The molecule has 0 amide bonds. The molecule has 0 heterocycles. The molecule has 0 aliphatic heterocycles. The number of halogens is 1. The van der Waals surface area contributed by atoms with Crippen LogP contribution in [0.25, 0.3) is 0 Å². The van der Waals surface area contributed by atoms with Crippen molar-refractivity contribution >= 4 is 22.6 Å². The van der Waals surface area contributed by atoms with Crippen LogP contribution in [0.1, 0.15) is 37.9 Å². The van der Waals surface area contributed by atoms with Crippen LogP contribution in [0.4, 0.5) is 0 Å². The SMILES string of the molecule is CC(C)(C)[S@@](=O)N[C@@H](c1ccccc1)c1ccc(Cl)cc1. The Labute approximate surface area is 134 Å². The fourth-order valence-electron chi connectivity index (χ4n) is 1.91. The van der Waals surface area contributed by atoms with Crippen LogP contribution >= 0.6 is 11.6 Å². The first-order valence-corrected chi connectivity index (χ1v) is 8.39. The van der Waals surface area contributed by atoms with Crippen LogP contribution in [0.3, 0.4) is 0 Å². The fraction of sp³-hybridized carbons (Fsp3) is 0.294. The van der Waals surface area contributed by atoms with E-state index in [0.717, 1.165) is 11.1 Å². The topological polar surface area (TPSA) is 29.1 Å². The Hall–Kier alpha value is -1.16. The van der Waals surface area contributed by atoms with E-state index in [0.29, 0.717) is 5.02 Å². The second kappa shape index (κ2) is 6.73. The highest BCUT2D eigenvalue weighted by Gasteiger charge is 2.24. The van der Waals surface area contributed by atoms with Gasteiger partial charge in [0.2, 0.25) is 0 Å². The van der Waals surface area contributed by atoms with Crippen molar-refractivity contribution in [2.75, 3.05) is 0 Å². The Kier molecular flexibility index (Phi) is 5.20. The third kappa shape index (κ3) is 4.40. The van der Waals surface area contributed by atoms with Gasteiger partial charge in [-0.2, -0.15) is 0 Å². The van der Waals surface area contributed by atoms with E-state index >= 15 is 0 Å². The smallest absolute Gasteiger partial charge is 0.0979 e. The van der Waals surface area contributed by atoms with E-state index in [2.05, 4.69) is 4.72 Å². The van der Waals surface area contributed by atoms with E-state index in [4.69, 9.17) is 11.6 Å². The lowest BCUT2D eigenvalue weighted by Gasteiger charge is -2.25. The van der Waals surface area contributed by atoms with Crippen molar-refractivity contribution in [2.45, 2.75) is 31.6 Å². The lowest BCUT2D eigenvalue weighted by molar-refractivity contribution is 0.623. The molecular formula is C17H20ClNOS. The van der Waals surface area contributed by atoms with Crippen LogP contribution in [-0.2, 0) is 11.0 Å². The first-order chi connectivity index (χ1) is 9.88. The Bertz CT molecular complexity index is 605. The summed E-state index contributed by atoms with van der Waals surface area (Å²) in [4.78, 5) is 0. The van der Waals surface area contributed by atoms with Gasteiger partial charge in [0.1, 0.15) is 0 Å². The molecule has 0 spiro atoms. The summed E-state index contributed by atoms with van der Waals surface area (Å²) in [7, 11) is -1.16. The molecule has 0 aliphatic carbocycles. The number of nitrogens with one attached hydrogen (secondary N) is 1. The molecule has 2 atom stereocenters. The van der Waals surface area contributed by atoms with Gasteiger partial charge in [-0.3, -0.25) is 0 Å². The highest BCUT2D eigenvalue weighted by molar-refractivity contribution is 7.84. The molecule has 0 saturated carbocycles. The third-order valence-electron chi connectivity index (χ3n) is 3.12. The molecule has 4 heteroatoms. The molecule has 2 nitrogen and oxygen atoms in total. The predicted molar refractivity (Wildman–Crippen MR) is 90.8 cm³/mol. The summed E-state index contributed by atoms with van der Waals surface area (Å²) in [5.41, 5.74) is 2.13. The van der Waals surface area contributed by atoms with Gasteiger partial charge in [-0.1, -0.05) is 54.1 Å². The summed E-state index contributed by atoms with van der Waals surface area (Å²) in [6.45, 7) is 5.88. The maximum atomic E-state index is 12.5. The van der Waals surface area contributed by atoms with Crippen molar-refractivity contribution in [3.63, 3.8) is 0 Å². The summed E-state index contributed by atoms with van der Waals surface area (Å²) < 4.78 is 15.4. The van der Waals surface area contributed by atoms with Crippen LogP contribution in [0.2, 0.25) is 5.02 Å². The monoisotopic (exact) mass is 321 g/mol. The predicted octanol–water partition coefficient (Wildman–Crippen LogP) is 4.48. The van der Waals surface area contributed by atoms with Crippen molar-refractivity contribution in [1.82, 2.24) is 4.72 Å². The van der Waals surface area contributed by atoms with Gasteiger partial charge < -0.3 is 0 Å². The minimum Gasteiger partial charge on any atom is -0.242 e. The lowest BCUT2D eigenvalue weighted by Crippen LogP contribution is -2.36. The second-order valence-corrected chi connectivity index (χ2v) is 8.33. The highest BCUT2D eigenvalue weighted by Crippen LogP contribution is 2.25. The Morgan fingerprint density at radius 1 is 0.952 bits per heavy atom. The van der Waals surface area contributed by atoms with E-state index < -0.39 is 11.0 Å². The van der Waals surface area contributed by atoms with E-state index in [9.17, 15) is 4.21 Å². The summed E-state index contributed by atoms with van der Waals surface area (Å²) in [5.74, 6) is 0. The van der Waals surface area contributed by atoms with Gasteiger partial charge in [-0.15, -0.1) is 0 Å². The molecule has 0 aromatic heterocycles. The van der Waals surface area contributed by atoms with Crippen LogP contribution in [-0.4, -0.2) is 8.96 Å². The zero-order chi connectivity index (χ0) is 15.5. The van der Waals surface area contributed by atoms with E-state index in [1.54, 1.807) is 0 Å². The van der Waals surface area contributed by atoms with Crippen molar-refractivity contribution in [3.8, 4) is 0 Å². The van der Waals surface area contributed by atoms with Crippen LogP contribution in [0.5, 0.6) is 0 Å². The summed E-state index contributed by atoms with van der Waals surface area (Å²) in [6.07, 6.45) is 0. The first kappa shape index (κ1) is 16.2. The zero-order valence-electron chi connectivity index (χ0n) is 12.5. The van der Waals surface area contributed by atoms with Gasteiger partial charge in [0.05, 0.1) is 21.8 Å². The Balaban J connectivity index is 2.36. The standard InChI is InChI=1S/C17H20ClNOS/c1-17(2,3)21(20)19-16(13-7-5-4-6-8-13)14-9-11-15(18)12-10-14/h4-12,16,19H,1-3H3/t16-,21+/m0/s1. The Morgan fingerprint density at radius 3 is 2.00 bits per heavy atom. The highest BCUT2D eigenvalue weighted by atomic mass is 35.5. The minimum absolute atomic E-state index is 0.122. The van der Waals surface area contributed by atoms with Gasteiger partial charge in [-0.25, -0.2) is 8.93 Å². The van der Waals surface area contributed by atoms with Gasteiger partial charge in [-0.05, 0) is 44.0 Å². The average molecular weight is 322 g/mol. The van der Waals surface area contributed by atoms with Crippen molar-refractivity contribution in [3.05, 3.63) is 70.7 Å². The van der Waals surface area contributed by atoms with Crippen LogP contribution in [0.15, 0.2) is 54.6 Å². The van der Waals surface area contributed by atoms with Crippen molar-refractivity contribution < 1.29 is 4.21 Å². The summed E-state index contributed by atoms with van der Waals surface area (Å²) >= 11 is 5.96. The lowest BCUT2D eigenvalue weighted by atomic mass is 10.00. The molecule has 0 unspecified atom stereocenters. The normalized spacial score (nSPS) is 14.7. The van der Waals surface area contributed by atoms with Gasteiger partial charge in [0.25, 0.3) is 0 Å². The molecule has 0 aliphatic rings. The Morgan fingerprint density at radius 2 is 1.48 bits per heavy atom. The number of hydrogen-bond acceptors (Lipinski definition) is 1. The second-order valence-electron chi connectivity index (χ2n) is 5.89. The molecule has 21 heavy (non-hydrogen) atoms. The van der Waals surface area contributed by atoms with Crippen LogP contribution in [0, 0.1) is 0 Å². The molecule has 0 bridgehead atoms. The van der Waals surface area contributed by atoms with Crippen molar-refractivity contribution in [1.29, 1.82) is 0 Å². The molecule has 1 N–H and O–H groups in total. The molecule has 0 fully saturated rings. The molecule has 2 rings (SSSR count). The van der Waals surface area contributed by atoms with Crippen LogP contribution < -0.4 is 4.72 Å². The van der Waals surface area contributed by atoms with Crippen molar-refractivity contribution in [2.24, 2.45) is 0 Å². The number of rotatable bonds is 4.